The molecule has 2 N–H and O–H groups in total. The number of likely N-dealkylation sites (N-methyl/N-ethyl adjacent to an activating group) is 1. The molecule has 1 aliphatic rings. The molecule has 0 bridgehead atoms. The molecule has 0 amide bonds. The van der Waals surface area contributed by atoms with Crippen LogP contribution in [0.25, 0.3) is 0 Å². The van der Waals surface area contributed by atoms with Gasteiger partial charge in [0.2, 0.25) is 0 Å². The number of rotatable bonds is 4. The predicted molar refractivity (Wildman–Crippen MR) is 87.5 cm³/mol. The minimum atomic E-state index is 0.143. The third kappa shape index (κ3) is 3.67. The lowest BCUT2D eigenvalue weighted by molar-refractivity contribution is 0.161. The Hall–Kier alpha value is -0.280. The lowest BCUT2D eigenvalue weighted by Gasteiger charge is -2.35. The van der Waals surface area contributed by atoms with Crippen molar-refractivity contribution in [1.29, 1.82) is 0 Å². The Bertz CT molecular complexity index is 428. The molecular formula is C16H24Cl2N2. The Morgan fingerprint density at radius 1 is 1.20 bits per heavy atom. The second-order valence-electron chi connectivity index (χ2n) is 5.71. The average molecular weight is 315 g/mol. The van der Waals surface area contributed by atoms with Gasteiger partial charge in [-0.25, -0.2) is 0 Å². The molecule has 0 aromatic heterocycles. The minimum absolute atomic E-state index is 0.143. The number of nitrogens with zero attached hydrogens (tertiary/aromatic N) is 1. The summed E-state index contributed by atoms with van der Waals surface area (Å²) in [5, 5.41) is 1.25. The van der Waals surface area contributed by atoms with Crippen LogP contribution in [0.2, 0.25) is 10.0 Å². The van der Waals surface area contributed by atoms with Gasteiger partial charge in [0.15, 0.2) is 0 Å². The fourth-order valence-corrected chi connectivity index (χ4v) is 3.64. The first-order chi connectivity index (χ1) is 9.65. The van der Waals surface area contributed by atoms with E-state index in [2.05, 4.69) is 11.9 Å². The molecule has 1 fully saturated rings. The Balaban J connectivity index is 2.19. The van der Waals surface area contributed by atoms with E-state index in [0.29, 0.717) is 22.6 Å². The van der Waals surface area contributed by atoms with Gasteiger partial charge in [0.05, 0.1) is 10.0 Å². The number of hydrogen-bond acceptors (Lipinski definition) is 2. The highest BCUT2D eigenvalue weighted by molar-refractivity contribution is 6.42. The van der Waals surface area contributed by atoms with Crippen LogP contribution >= 0.6 is 23.2 Å². The van der Waals surface area contributed by atoms with E-state index in [0.717, 1.165) is 5.56 Å². The zero-order valence-electron chi connectivity index (χ0n) is 12.1. The summed E-state index contributed by atoms with van der Waals surface area (Å²) in [5.41, 5.74) is 7.08. The maximum absolute atomic E-state index is 6.37. The van der Waals surface area contributed by atoms with Crippen molar-refractivity contribution in [3.05, 3.63) is 33.8 Å². The first kappa shape index (κ1) is 16.1. The summed E-state index contributed by atoms with van der Waals surface area (Å²) < 4.78 is 0. The van der Waals surface area contributed by atoms with Crippen molar-refractivity contribution in [1.82, 2.24) is 4.90 Å². The molecule has 0 spiro atoms. The molecule has 4 heteroatoms. The van der Waals surface area contributed by atoms with Crippen molar-refractivity contribution >= 4 is 23.2 Å². The monoisotopic (exact) mass is 314 g/mol. The fourth-order valence-electron chi connectivity index (χ4n) is 3.21. The van der Waals surface area contributed by atoms with Gasteiger partial charge in [-0.1, -0.05) is 61.0 Å². The summed E-state index contributed by atoms with van der Waals surface area (Å²) in [6, 6.07) is 6.56. The molecule has 20 heavy (non-hydrogen) atoms. The second-order valence-corrected chi connectivity index (χ2v) is 6.49. The highest BCUT2D eigenvalue weighted by Gasteiger charge is 2.25. The van der Waals surface area contributed by atoms with Crippen molar-refractivity contribution in [3.8, 4) is 0 Å². The zero-order chi connectivity index (χ0) is 14.5. The molecule has 1 aromatic carbocycles. The zero-order valence-corrected chi connectivity index (χ0v) is 13.6. The van der Waals surface area contributed by atoms with Crippen LogP contribution in [-0.4, -0.2) is 24.5 Å². The number of benzene rings is 1. The fraction of sp³-hybridized carbons (Fsp3) is 0.625. The van der Waals surface area contributed by atoms with Gasteiger partial charge in [-0.05, 0) is 31.5 Å². The van der Waals surface area contributed by atoms with E-state index in [9.17, 15) is 0 Å². The summed E-state index contributed by atoms with van der Waals surface area (Å²) in [4.78, 5) is 2.41. The number of nitrogens with two attached hydrogens (primary N) is 1. The average Bonchev–Trinajstić information content (AvgIpc) is 2.73. The van der Waals surface area contributed by atoms with Gasteiger partial charge in [0.1, 0.15) is 0 Å². The van der Waals surface area contributed by atoms with E-state index in [1.165, 1.54) is 38.5 Å². The van der Waals surface area contributed by atoms with Gasteiger partial charge in [0, 0.05) is 18.6 Å². The van der Waals surface area contributed by atoms with Gasteiger partial charge in [0.25, 0.3) is 0 Å². The number of hydrogen-bond donors (Lipinski definition) is 1. The summed E-state index contributed by atoms with van der Waals surface area (Å²) in [5.74, 6) is 0. The van der Waals surface area contributed by atoms with Crippen molar-refractivity contribution in [2.45, 2.75) is 50.6 Å². The molecule has 1 atom stereocenters. The molecule has 0 radical (unpaired) electrons. The number of halogens is 2. The first-order valence-electron chi connectivity index (χ1n) is 7.51. The predicted octanol–water partition coefficient (Wildman–Crippen LogP) is 4.65. The summed E-state index contributed by atoms with van der Waals surface area (Å²) in [6.45, 7) is 0.563. The van der Waals surface area contributed by atoms with Crippen LogP contribution < -0.4 is 5.73 Å². The van der Waals surface area contributed by atoms with Crippen molar-refractivity contribution < 1.29 is 0 Å². The molecular weight excluding hydrogens is 291 g/mol. The summed E-state index contributed by atoms with van der Waals surface area (Å²) in [6.07, 6.45) is 7.85. The third-order valence-corrected chi connectivity index (χ3v) is 5.29. The Labute approximate surface area is 132 Å². The molecule has 1 aromatic rings. The Morgan fingerprint density at radius 2 is 1.85 bits per heavy atom. The van der Waals surface area contributed by atoms with Crippen LogP contribution in [0.3, 0.4) is 0 Å². The normalized spacial score (nSPS) is 19.1. The quantitative estimate of drug-likeness (QED) is 0.820. The van der Waals surface area contributed by atoms with E-state index in [4.69, 9.17) is 28.9 Å². The largest absolute Gasteiger partial charge is 0.329 e. The lowest BCUT2D eigenvalue weighted by atomic mass is 10.0. The molecule has 0 heterocycles. The molecule has 112 valence electrons. The van der Waals surface area contributed by atoms with Crippen LogP contribution in [0.5, 0.6) is 0 Å². The highest BCUT2D eigenvalue weighted by atomic mass is 35.5. The smallest absolute Gasteiger partial charge is 0.0640 e. The second kappa shape index (κ2) is 7.65. The minimum Gasteiger partial charge on any atom is -0.329 e. The topological polar surface area (TPSA) is 29.3 Å². The van der Waals surface area contributed by atoms with Gasteiger partial charge in [-0.15, -0.1) is 0 Å². The van der Waals surface area contributed by atoms with E-state index in [-0.39, 0.29) is 6.04 Å². The Morgan fingerprint density at radius 3 is 2.45 bits per heavy atom. The van der Waals surface area contributed by atoms with Gasteiger partial charge >= 0.3 is 0 Å². The van der Waals surface area contributed by atoms with Crippen molar-refractivity contribution in [3.63, 3.8) is 0 Å². The SMILES string of the molecule is CN(C1CCCCCC1)C(CN)c1cccc(Cl)c1Cl. The van der Waals surface area contributed by atoms with Crippen LogP contribution in [0.1, 0.15) is 50.1 Å². The van der Waals surface area contributed by atoms with E-state index >= 15 is 0 Å². The van der Waals surface area contributed by atoms with Gasteiger partial charge in [-0.3, -0.25) is 4.90 Å². The van der Waals surface area contributed by atoms with E-state index in [1.54, 1.807) is 0 Å². The molecule has 1 saturated carbocycles. The third-order valence-electron chi connectivity index (χ3n) is 4.46. The van der Waals surface area contributed by atoms with Crippen LogP contribution in [0.4, 0.5) is 0 Å². The molecule has 1 aliphatic carbocycles. The lowest BCUT2D eigenvalue weighted by Crippen LogP contribution is -2.38. The van der Waals surface area contributed by atoms with Crippen LogP contribution in [0, 0.1) is 0 Å². The molecule has 2 nitrogen and oxygen atoms in total. The van der Waals surface area contributed by atoms with E-state index in [1.807, 2.05) is 18.2 Å². The Kier molecular flexibility index (Phi) is 6.16. The molecule has 0 aliphatic heterocycles. The van der Waals surface area contributed by atoms with Crippen LogP contribution in [0.15, 0.2) is 18.2 Å². The van der Waals surface area contributed by atoms with Crippen LogP contribution in [-0.2, 0) is 0 Å². The van der Waals surface area contributed by atoms with Crippen molar-refractivity contribution in [2.24, 2.45) is 5.73 Å². The van der Waals surface area contributed by atoms with Gasteiger partial charge < -0.3 is 5.73 Å². The highest BCUT2D eigenvalue weighted by Crippen LogP contribution is 2.34. The first-order valence-corrected chi connectivity index (χ1v) is 8.26. The standard InChI is InChI=1S/C16H24Cl2N2/c1-20(12-7-4-2-3-5-8-12)15(11-19)13-9-6-10-14(17)16(13)18/h6,9-10,12,15H,2-5,7-8,11,19H2,1H3. The van der Waals surface area contributed by atoms with E-state index < -0.39 is 0 Å². The molecule has 1 unspecified atom stereocenters. The molecule has 0 saturated heterocycles. The molecule has 2 rings (SSSR count). The van der Waals surface area contributed by atoms with Gasteiger partial charge in [-0.2, -0.15) is 0 Å². The maximum atomic E-state index is 6.37. The summed E-state index contributed by atoms with van der Waals surface area (Å²) >= 11 is 12.5. The van der Waals surface area contributed by atoms with Crippen molar-refractivity contribution in [2.75, 3.05) is 13.6 Å². The maximum Gasteiger partial charge on any atom is 0.0640 e. The summed E-state index contributed by atoms with van der Waals surface area (Å²) in [7, 11) is 2.17.